The van der Waals surface area contributed by atoms with E-state index < -0.39 is 12.1 Å². The maximum Gasteiger partial charge on any atom is 0.348 e. The monoisotopic (exact) mass is 465 g/mol. The molecule has 1 saturated carbocycles. The summed E-state index contributed by atoms with van der Waals surface area (Å²) in [5, 5.41) is 11.0. The first kappa shape index (κ1) is 24.8. The summed E-state index contributed by atoms with van der Waals surface area (Å²) in [6, 6.07) is 0.332. The second kappa shape index (κ2) is 11.4. The lowest BCUT2D eigenvalue weighted by Crippen LogP contribution is -2.43. The van der Waals surface area contributed by atoms with E-state index in [0.29, 0.717) is 45.6 Å². The van der Waals surface area contributed by atoms with E-state index in [1.54, 1.807) is 13.8 Å². The number of aliphatic hydroxyl groups excluding tert-OH is 1. The molecule has 0 spiro atoms. The molecule has 3 rings (SSSR count). The SMILES string of the molecule is CCOC(=O)c1sc2nc(CN(CC(O)COC(C)C)C3CCCCC3)[nH]c(=O)c2c1C. The van der Waals surface area contributed by atoms with Gasteiger partial charge in [0.15, 0.2) is 0 Å². The van der Waals surface area contributed by atoms with Gasteiger partial charge in [-0.2, -0.15) is 0 Å². The molecule has 2 aromatic rings. The fourth-order valence-electron chi connectivity index (χ4n) is 4.26. The number of thiophene rings is 1. The van der Waals surface area contributed by atoms with Crippen molar-refractivity contribution in [1.82, 2.24) is 14.9 Å². The molecule has 178 valence electrons. The Morgan fingerprint density at radius 2 is 2.03 bits per heavy atom. The fraction of sp³-hybridized carbons (Fsp3) is 0.696. The third-order valence-corrected chi connectivity index (χ3v) is 6.99. The number of aromatic amines is 1. The number of aliphatic hydroxyl groups is 1. The van der Waals surface area contributed by atoms with Gasteiger partial charge in [0.05, 0.1) is 37.4 Å². The molecular formula is C23H35N3O5S. The Kier molecular flexibility index (Phi) is 8.81. The lowest BCUT2D eigenvalue weighted by atomic mass is 9.94. The number of fused-ring (bicyclic) bond motifs is 1. The van der Waals surface area contributed by atoms with Crippen LogP contribution in [0.15, 0.2) is 4.79 Å². The van der Waals surface area contributed by atoms with Gasteiger partial charge in [-0.25, -0.2) is 9.78 Å². The van der Waals surface area contributed by atoms with Crippen LogP contribution in [0.2, 0.25) is 0 Å². The number of rotatable bonds is 10. The Hall–Kier alpha value is -1.81. The van der Waals surface area contributed by atoms with Crippen molar-refractivity contribution < 1.29 is 19.4 Å². The summed E-state index contributed by atoms with van der Waals surface area (Å²) in [5.41, 5.74) is 0.357. The van der Waals surface area contributed by atoms with Crippen molar-refractivity contribution in [3.63, 3.8) is 0 Å². The first-order valence-electron chi connectivity index (χ1n) is 11.5. The molecule has 9 heteroatoms. The number of hydrogen-bond donors (Lipinski definition) is 2. The Balaban J connectivity index is 1.85. The fourth-order valence-corrected chi connectivity index (χ4v) is 5.36. The number of hydrogen-bond acceptors (Lipinski definition) is 8. The number of carbonyl (C=O) groups is 1. The number of nitrogens with zero attached hydrogens (tertiary/aromatic N) is 2. The van der Waals surface area contributed by atoms with Gasteiger partial charge >= 0.3 is 5.97 Å². The van der Waals surface area contributed by atoms with Gasteiger partial charge < -0.3 is 19.6 Å². The average Bonchev–Trinajstić information content (AvgIpc) is 3.09. The minimum Gasteiger partial charge on any atom is -0.462 e. The quantitative estimate of drug-likeness (QED) is 0.518. The van der Waals surface area contributed by atoms with E-state index in [1.165, 1.54) is 17.8 Å². The van der Waals surface area contributed by atoms with Crippen molar-refractivity contribution in [2.75, 3.05) is 19.8 Å². The molecule has 1 fully saturated rings. The van der Waals surface area contributed by atoms with Crippen molar-refractivity contribution in [2.24, 2.45) is 0 Å². The first-order valence-corrected chi connectivity index (χ1v) is 12.3. The zero-order valence-corrected chi connectivity index (χ0v) is 20.3. The van der Waals surface area contributed by atoms with Crippen LogP contribution >= 0.6 is 11.3 Å². The van der Waals surface area contributed by atoms with E-state index in [1.807, 2.05) is 13.8 Å². The van der Waals surface area contributed by atoms with Crippen LogP contribution in [0.5, 0.6) is 0 Å². The maximum absolute atomic E-state index is 12.8. The summed E-state index contributed by atoms with van der Waals surface area (Å²) >= 11 is 1.19. The molecule has 1 aliphatic carbocycles. The van der Waals surface area contributed by atoms with E-state index in [0.717, 1.165) is 25.7 Å². The van der Waals surface area contributed by atoms with Gasteiger partial charge in [-0.05, 0) is 46.1 Å². The van der Waals surface area contributed by atoms with Gasteiger partial charge in [0.25, 0.3) is 5.56 Å². The summed E-state index contributed by atoms with van der Waals surface area (Å²) in [4.78, 5) is 35.8. The number of aryl methyl sites for hydroxylation is 1. The summed E-state index contributed by atoms with van der Waals surface area (Å²) < 4.78 is 10.7. The van der Waals surface area contributed by atoms with Gasteiger partial charge in [0.2, 0.25) is 0 Å². The highest BCUT2D eigenvalue weighted by Crippen LogP contribution is 2.28. The highest BCUT2D eigenvalue weighted by atomic mass is 32.1. The number of ether oxygens (including phenoxy) is 2. The largest absolute Gasteiger partial charge is 0.462 e. The highest BCUT2D eigenvalue weighted by molar-refractivity contribution is 7.20. The molecule has 0 bridgehead atoms. The van der Waals surface area contributed by atoms with E-state index in [9.17, 15) is 14.7 Å². The van der Waals surface area contributed by atoms with E-state index in [4.69, 9.17) is 9.47 Å². The summed E-state index contributed by atoms with van der Waals surface area (Å²) in [7, 11) is 0. The minimum absolute atomic E-state index is 0.0591. The van der Waals surface area contributed by atoms with Crippen LogP contribution in [0.1, 0.15) is 73.9 Å². The van der Waals surface area contributed by atoms with Crippen LogP contribution in [-0.2, 0) is 16.0 Å². The maximum atomic E-state index is 12.8. The molecule has 1 atom stereocenters. The summed E-state index contributed by atoms with van der Waals surface area (Å²) in [5.74, 6) is 0.118. The smallest absolute Gasteiger partial charge is 0.348 e. The van der Waals surface area contributed by atoms with Crippen molar-refractivity contribution in [3.05, 3.63) is 26.6 Å². The number of H-pyrrole nitrogens is 1. The Morgan fingerprint density at radius 3 is 2.69 bits per heavy atom. The molecule has 0 aromatic carbocycles. The van der Waals surface area contributed by atoms with Crippen LogP contribution in [0.25, 0.3) is 10.2 Å². The number of esters is 1. The molecule has 0 saturated heterocycles. The van der Waals surface area contributed by atoms with Gasteiger partial charge in [-0.3, -0.25) is 9.69 Å². The van der Waals surface area contributed by atoms with Crippen LogP contribution in [-0.4, -0.2) is 64.0 Å². The molecule has 8 nitrogen and oxygen atoms in total. The van der Waals surface area contributed by atoms with Crippen LogP contribution in [0.3, 0.4) is 0 Å². The average molecular weight is 466 g/mol. The standard InChI is InChI=1S/C23H35N3O5S/c1-5-30-23(29)20-15(4)19-21(28)24-18(25-22(19)32-20)12-26(16-9-7-6-8-10-16)11-17(27)13-31-14(2)3/h14,16-17,27H,5-13H2,1-4H3,(H,24,25,28). The summed E-state index contributed by atoms with van der Waals surface area (Å²) in [6.45, 7) is 8.84. The number of carbonyl (C=O) groups excluding carboxylic acids is 1. The third-order valence-electron chi connectivity index (χ3n) is 5.82. The zero-order chi connectivity index (χ0) is 23.3. The van der Waals surface area contributed by atoms with Crippen molar-refractivity contribution in [1.29, 1.82) is 0 Å². The highest BCUT2D eigenvalue weighted by Gasteiger charge is 2.26. The molecule has 1 unspecified atom stereocenters. The van der Waals surface area contributed by atoms with Crippen LogP contribution in [0, 0.1) is 6.92 Å². The summed E-state index contributed by atoms with van der Waals surface area (Å²) in [6.07, 6.45) is 5.13. The van der Waals surface area contributed by atoms with Gasteiger partial charge in [0.1, 0.15) is 15.5 Å². The lowest BCUT2D eigenvalue weighted by Gasteiger charge is -2.35. The number of aromatic nitrogens is 2. The molecule has 2 heterocycles. The molecule has 0 amide bonds. The van der Waals surface area contributed by atoms with Crippen molar-refractivity contribution in [3.8, 4) is 0 Å². The predicted octanol–water partition coefficient (Wildman–Crippen LogP) is 3.39. The van der Waals surface area contributed by atoms with Crippen LogP contribution < -0.4 is 5.56 Å². The Labute approximate surface area is 192 Å². The van der Waals surface area contributed by atoms with E-state index in [-0.39, 0.29) is 24.9 Å². The molecule has 2 aromatic heterocycles. The topological polar surface area (TPSA) is 105 Å². The zero-order valence-electron chi connectivity index (χ0n) is 19.5. The van der Waals surface area contributed by atoms with Crippen LogP contribution in [0.4, 0.5) is 0 Å². The van der Waals surface area contributed by atoms with Gasteiger partial charge in [-0.15, -0.1) is 11.3 Å². The second-order valence-corrected chi connectivity index (χ2v) is 9.73. The predicted molar refractivity (Wildman–Crippen MR) is 125 cm³/mol. The molecule has 0 radical (unpaired) electrons. The van der Waals surface area contributed by atoms with Gasteiger partial charge in [-0.1, -0.05) is 19.3 Å². The van der Waals surface area contributed by atoms with Gasteiger partial charge in [0, 0.05) is 12.6 Å². The van der Waals surface area contributed by atoms with E-state index in [2.05, 4.69) is 14.9 Å². The Morgan fingerprint density at radius 1 is 1.31 bits per heavy atom. The third kappa shape index (κ3) is 6.15. The lowest BCUT2D eigenvalue weighted by molar-refractivity contribution is -0.0189. The Bertz CT molecular complexity index is 964. The second-order valence-electron chi connectivity index (χ2n) is 8.73. The van der Waals surface area contributed by atoms with Crippen molar-refractivity contribution >= 4 is 27.5 Å². The molecule has 32 heavy (non-hydrogen) atoms. The molecule has 2 N–H and O–H groups in total. The van der Waals surface area contributed by atoms with E-state index >= 15 is 0 Å². The number of nitrogens with one attached hydrogen (secondary N) is 1. The molecular weight excluding hydrogens is 430 g/mol. The molecule has 0 aliphatic heterocycles. The normalized spacial score (nSPS) is 16.2. The minimum atomic E-state index is -0.617. The molecule has 1 aliphatic rings. The van der Waals surface area contributed by atoms with Crippen molar-refractivity contribution in [2.45, 2.75) is 84.6 Å². The first-order chi connectivity index (χ1) is 15.3.